The fourth-order valence-corrected chi connectivity index (χ4v) is 2.64. The van der Waals surface area contributed by atoms with E-state index in [0.29, 0.717) is 11.5 Å². The number of ether oxygens (including phenoxy) is 2. The number of benzene rings is 1. The first-order chi connectivity index (χ1) is 10.0. The molecule has 0 heterocycles. The monoisotopic (exact) mass is 313 g/mol. The highest BCUT2D eigenvalue weighted by molar-refractivity contribution is 7.99. The molecule has 6 heteroatoms. The summed E-state index contributed by atoms with van der Waals surface area (Å²) in [4.78, 5) is 12.0. The van der Waals surface area contributed by atoms with Crippen molar-refractivity contribution in [3.05, 3.63) is 23.8 Å². The predicted octanol–water partition coefficient (Wildman–Crippen LogP) is 1.47. The molecule has 2 unspecified atom stereocenters. The zero-order valence-corrected chi connectivity index (χ0v) is 13.7. The largest absolute Gasteiger partial charge is 0.493 e. The highest BCUT2D eigenvalue weighted by Gasteiger charge is 2.17. The van der Waals surface area contributed by atoms with Crippen LogP contribution in [0.5, 0.6) is 11.5 Å². The van der Waals surface area contributed by atoms with Crippen LogP contribution in [0.4, 0.5) is 0 Å². The fraction of sp³-hybridized carbons (Fsp3) is 0.533. The normalized spacial score (nSPS) is 13.4. The Balaban J connectivity index is 2.66. The molecule has 0 saturated carbocycles. The molecule has 0 saturated heterocycles. The Kier molecular flexibility index (Phi) is 7.39. The van der Waals surface area contributed by atoms with Crippen molar-refractivity contribution in [2.75, 3.05) is 27.1 Å². The molecular formula is C15H23NO4S. The van der Waals surface area contributed by atoms with Gasteiger partial charge in [0.1, 0.15) is 0 Å². The van der Waals surface area contributed by atoms with Gasteiger partial charge in [0.25, 0.3) is 0 Å². The predicted molar refractivity (Wildman–Crippen MR) is 85.2 cm³/mol. The second-order valence-electron chi connectivity index (χ2n) is 4.68. The maximum atomic E-state index is 12.0. The summed E-state index contributed by atoms with van der Waals surface area (Å²) in [6.45, 7) is 1.93. The van der Waals surface area contributed by atoms with Crippen LogP contribution in [0.3, 0.4) is 0 Å². The minimum atomic E-state index is -0.0855. The smallest absolute Gasteiger partial charge is 0.224 e. The molecule has 0 fully saturated rings. The third kappa shape index (κ3) is 5.13. The molecule has 0 aliphatic rings. The van der Waals surface area contributed by atoms with Gasteiger partial charge in [0.15, 0.2) is 11.5 Å². The van der Waals surface area contributed by atoms with Gasteiger partial charge in [-0.2, -0.15) is 11.8 Å². The lowest BCUT2D eigenvalue weighted by Crippen LogP contribution is -2.41. The third-order valence-corrected chi connectivity index (χ3v) is 4.40. The molecule has 2 atom stereocenters. The van der Waals surface area contributed by atoms with E-state index in [0.717, 1.165) is 5.56 Å². The molecule has 118 valence electrons. The molecule has 0 bridgehead atoms. The number of aliphatic hydroxyl groups excluding tert-OH is 1. The average Bonchev–Trinajstić information content (AvgIpc) is 2.48. The maximum absolute atomic E-state index is 12.0. The third-order valence-electron chi connectivity index (χ3n) is 3.24. The van der Waals surface area contributed by atoms with Crippen LogP contribution >= 0.6 is 11.8 Å². The van der Waals surface area contributed by atoms with Gasteiger partial charge in [-0.05, 0) is 30.9 Å². The standard InChI is InChI=1S/C15H23NO4S/c1-10(14(9-17)21-4)16-15(18)8-11-5-6-12(19-2)13(7-11)20-3/h5-7,10,14,17H,8-9H2,1-4H3,(H,16,18). The lowest BCUT2D eigenvalue weighted by Gasteiger charge is -2.21. The molecule has 21 heavy (non-hydrogen) atoms. The van der Waals surface area contributed by atoms with Gasteiger partial charge in [0.05, 0.1) is 27.2 Å². The molecule has 1 aromatic carbocycles. The van der Waals surface area contributed by atoms with E-state index in [1.165, 1.54) is 11.8 Å². The first kappa shape index (κ1) is 17.7. The van der Waals surface area contributed by atoms with E-state index in [2.05, 4.69) is 5.32 Å². The average molecular weight is 313 g/mol. The molecule has 2 N–H and O–H groups in total. The van der Waals surface area contributed by atoms with E-state index in [9.17, 15) is 9.90 Å². The van der Waals surface area contributed by atoms with E-state index in [1.54, 1.807) is 26.4 Å². The van der Waals surface area contributed by atoms with Crippen LogP contribution in [0.15, 0.2) is 18.2 Å². The molecule has 0 aliphatic carbocycles. The van der Waals surface area contributed by atoms with Crippen molar-refractivity contribution in [2.45, 2.75) is 24.6 Å². The molecule has 0 aromatic heterocycles. The summed E-state index contributed by atoms with van der Waals surface area (Å²) < 4.78 is 10.4. The Hall–Kier alpha value is -1.40. The van der Waals surface area contributed by atoms with Gasteiger partial charge in [0, 0.05) is 11.3 Å². The first-order valence-corrected chi connectivity index (χ1v) is 7.98. The van der Waals surface area contributed by atoms with E-state index in [-0.39, 0.29) is 30.2 Å². The highest BCUT2D eigenvalue weighted by Crippen LogP contribution is 2.27. The van der Waals surface area contributed by atoms with E-state index >= 15 is 0 Å². The summed E-state index contributed by atoms with van der Waals surface area (Å²) in [7, 11) is 3.14. The molecule has 1 aromatic rings. The van der Waals surface area contributed by atoms with E-state index < -0.39 is 0 Å². The zero-order chi connectivity index (χ0) is 15.8. The second-order valence-corrected chi connectivity index (χ2v) is 5.76. The molecule has 0 aliphatic heterocycles. The molecule has 5 nitrogen and oxygen atoms in total. The fourth-order valence-electron chi connectivity index (χ4n) is 2.01. The first-order valence-electron chi connectivity index (χ1n) is 6.69. The summed E-state index contributed by atoms with van der Waals surface area (Å²) >= 11 is 1.54. The number of aliphatic hydroxyl groups is 1. The van der Waals surface area contributed by atoms with Crippen LogP contribution in [0, 0.1) is 0 Å². The molecule has 0 radical (unpaired) electrons. The van der Waals surface area contributed by atoms with Crippen molar-refractivity contribution in [1.29, 1.82) is 0 Å². The van der Waals surface area contributed by atoms with Crippen molar-refractivity contribution >= 4 is 17.7 Å². The van der Waals surface area contributed by atoms with Crippen molar-refractivity contribution in [3.8, 4) is 11.5 Å². The summed E-state index contributed by atoms with van der Waals surface area (Å²) in [6, 6.07) is 5.33. The van der Waals surface area contributed by atoms with Gasteiger partial charge < -0.3 is 19.9 Å². The van der Waals surface area contributed by atoms with Crippen LogP contribution in [0.2, 0.25) is 0 Å². The lowest BCUT2D eigenvalue weighted by atomic mass is 10.1. The minimum absolute atomic E-state index is 0.000599. The number of thioether (sulfide) groups is 1. The number of amides is 1. The zero-order valence-electron chi connectivity index (χ0n) is 12.9. The molecule has 0 spiro atoms. The van der Waals surface area contributed by atoms with Crippen LogP contribution in [0.1, 0.15) is 12.5 Å². The van der Waals surface area contributed by atoms with Gasteiger partial charge in [-0.25, -0.2) is 0 Å². The summed E-state index contributed by atoms with van der Waals surface area (Å²) in [5.74, 6) is 1.16. The number of carbonyl (C=O) groups is 1. The van der Waals surface area contributed by atoms with Crippen LogP contribution < -0.4 is 14.8 Å². The Morgan fingerprint density at radius 3 is 2.52 bits per heavy atom. The van der Waals surface area contributed by atoms with Gasteiger partial charge in [0.2, 0.25) is 5.91 Å². The topological polar surface area (TPSA) is 67.8 Å². The number of nitrogens with one attached hydrogen (secondary N) is 1. The number of carbonyl (C=O) groups excluding carboxylic acids is 1. The summed E-state index contributed by atoms with van der Waals surface area (Å²) in [5, 5.41) is 12.1. The Labute approximate surface area is 130 Å². The van der Waals surface area contributed by atoms with Crippen molar-refractivity contribution in [1.82, 2.24) is 5.32 Å². The Morgan fingerprint density at radius 2 is 2.00 bits per heavy atom. The number of hydrogen-bond acceptors (Lipinski definition) is 5. The number of rotatable bonds is 8. The van der Waals surface area contributed by atoms with Crippen LogP contribution in [-0.2, 0) is 11.2 Å². The second kappa shape index (κ2) is 8.79. The van der Waals surface area contributed by atoms with Crippen LogP contribution in [0.25, 0.3) is 0 Å². The molecule has 1 amide bonds. The maximum Gasteiger partial charge on any atom is 0.224 e. The van der Waals surface area contributed by atoms with Gasteiger partial charge in [-0.15, -0.1) is 0 Å². The number of hydrogen-bond donors (Lipinski definition) is 2. The molecule has 1 rings (SSSR count). The van der Waals surface area contributed by atoms with Gasteiger partial charge in [-0.3, -0.25) is 4.79 Å². The SMILES string of the molecule is COc1ccc(CC(=O)NC(C)C(CO)SC)cc1OC. The quantitative estimate of drug-likeness (QED) is 0.761. The number of methoxy groups -OCH3 is 2. The Morgan fingerprint density at radius 1 is 1.33 bits per heavy atom. The Bertz CT molecular complexity index is 463. The van der Waals surface area contributed by atoms with Gasteiger partial charge in [-0.1, -0.05) is 6.07 Å². The summed E-state index contributed by atoms with van der Waals surface area (Å²) in [5.41, 5.74) is 0.849. The molecular weight excluding hydrogens is 290 g/mol. The minimum Gasteiger partial charge on any atom is -0.493 e. The van der Waals surface area contributed by atoms with E-state index in [1.807, 2.05) is 19.2 Å². The summed E-state index contributed by atoms with van der Waals surface area (Å²) in [6.07, 6.45) is 2.18. The highest BCUT2D eigenvalue weighted by atomic mass is 32.2. The van der Waals surface area contributed by atoms with Crippen molar-refractivity contribution in [3.63, 3.8) is 0 Å². The van der Waals surface area contributed by atoms with Crippen LogP contribution in [-0.4, -0.2) is 49.4 Å². The van der Waals surface area contributed by atoms with Crippen molar-refractivity contribution in [2.24, 2.45) is 0 Å². The van der Waals surface area contributed by atoms with Gasteiger partial charge >= 0.3 is 0 Å². The van der Waals surface area contributed by atoms with E-state index in [4.69, 9.17) is 9.47 Å². The lowest BCUT2D eigenvalue weighted by molar-refractivity contribution is -0.121. The van der Waals surface area contributed by atoms with Crippen molar-refractivity contribution < 1.29 is 19.4 Å².